The van der Waals surface area contributed by atoms with Gasteiger partial charge >= 0.3 is 19.5 Å². The number of phosphoric ester groups is 1. The van der Waals surface area contributed by atoms with Crippen molar-refractivity contribution < 1.29 is 32.4 Å². The van der Waals surface area contributed by atoms with Gasteiger partial charge in [-0.1, -0.05) is 24.3 Å². The van der Waals surface area contributed by atoms with Crippen molar-refractivity contribution in [2.75, 3.05) is 20.3 Å². The van der Waals surface area contributed by atoms with Gasteiger partial charge in [-0.15, -0.1) is 0 Å². The van der Waals surface area contributed by atoms with Crippen molar-refractivity contribution in [3.8, 4) is 5.75 Å². The summed E-state index contributed by atoms with van der Waals surface area (Å²) in [6.07, 6.45) is 3.08. The van der Waals surface area contributed by atoms with Gasteiger partial charge in [0.2, 0.25) is 0 Å². The van der Waals surface area contributed by atoms with Gasteiger partial charge in [-0.05, 0) is 25.1 Å². The maximum Gasteiger partial charge on any atom is 0.530 e. The van der Waals surface area contributed by atoms with Gasteiger partial charge in [-0.2, -0.15) is 0 Å². The van der Waals surface area contributed by atoms with Crippen LogP contribution in [0, 0.1) is 6.92 Å². The van der Waals surface area contributed by atoms with Gasteiger partial charge in [0.15, 0.2) is 12.8 Å². The number of aromatic amines is 1. The molecule has 3 atom stereocenters. The molecule has 166 valence electrons. The number of benzene rings is 1. The molecule has 0 saturated heterocycles. The predicted octanol–water partition coefficient (Wildman–Crippen LogP) is 1.69. The largest absolute Gasteiger partial charge is 0.530 e. The van der Waals surface area contributed by atoms with Crippen molar-refractivity contribution in [3.63, 3.8) is 0 Å². The highest BCUT2D eigenvalue weighted by Gasteiger charge is 2.33. The van der Waals surface area contributed by atoms with E-state index in [0.29, 0.717) is 5.56 Å². The Morgan fingerprint density at radius 2 is 1.94 bits per heavy atom. The molecule has 0 amide bonds. The van der Waals surface area contributed by atoms with E-state index in [4.69, 9.17) is 18.3 Å². The summed E-state index contributed by atoms with van der Waals surface area (Å²) in [5.74, 6) is -0.544. The van der Waals surface area contributed by atoms with E-state index in [1.54, 1.807) is 49.4 Å². The second-order valence-corrected chi connectivity index (χ2v) is 8.02. The van der Waals surface area contributed by atoms with E-state index >= 15 is 0 Å². The van der Waals surface area contributed by atoms with E-state index in [2.05, 4.69) is 9.72 Å². The number of nitrogens with one attached hydrogen (secondary N) is 1. The van der Waals surface area contributed by atoms with E-state index < -0.39 is 44.0 Å². The number of ether oxygens (including phenoxy) is 2. The third-order valence-electron chi connectivity index (χ3n) is 4.15. The molecule has 0 fully saturated rings. The fourth-order valence-corrected chi connectivity index (χ4v) is 3.73. The maximum atomic E-state index is 13.0. The molecule has 2 heterocycles. The number of H-pyrrole nitrogens is 1. The van der Waals surface area contributed by atoms with Crippen LogP contribution in [0.15, 0.2) is 58.3 Å². The monoisotopic (exact) mass is 452 g/mol. The molecule has 1 N–H and O–H groups in total. The minimum atomic E-state index is -4.21. The first-order chi connectivity index (χ1) is 14.8. The molecule has 1 aromatic heterocycles. The molecule has 0 aliphatic carbocycles. The molecule has 31 heavy (non-hydrogen) atoms. The number of carbonyl (C=O) groups excluding carboxylic acids is 1. The summed E-state index contributed by atoms with van der Waals surface area (Å²) in [6.45, 7) is 0.663. The predicted molar refractivity (Wildman–Crippen MR) is 108 cm³/mol. The fourth-order valence-electron chi connectivity index (χ4n) is 2.57. The van der Waals surface area contributed by atoms with Gasteiger partial charge < -0.3 is 14.0 Å². The second-order valence-electron chi connectivity index (χ2n) is 6.43. The van der Waals surface area contributed by atoms with Gasteiger partial charge in [0, 0.05) is 11.8 Å². The van der Waals surface area contributed by atoms with Crippen LogP contribution in [-0.2, 0) is 27.9 Å². The Bertz CT molecular complexity index is 1110. The Hall–Kier alpha value is -2.98. The summed E-state index contributed by atoms with van der Waals surface area (Å²) in [4.78, 5) is 37.1. The minimum Gasteiger partial charge on any atom is -0.467 e. The lowest BCUT2D eigenvalue weighted by Gasteiger charge is -2.20. The molecule has 0 saturated carbocycles. The Morgan fingerprint density at radius 1 is 1.19 bits per heavy atom. The lowest BCUT2D eigenvalue weighted by Crippen LogP contribution is -2.33. The van der Waals surface area contributed by atoms with Crippen LogP contribution in [0.4, 0.5) is 0 Å². The maximum absolute atomic E-state index is 13.0. The Labute approximate surface area is 176 Å². The second kappa shape index (κ2) is 9.88. The van der Waals surface area contributed by atoms with Crippen molar-refractivity contribution in [2.45, 2.75) is 19.3 Å². The van der Waals surface area contributed by atoms with Crippen LogP contribution in [0.3, 0.4) is 0 Å². The lowest BCUT2D eigenvalue weighted by molar-refractivity contribution is -0.143. The summed E-state index contributed by atoms with van der Waals surface area (Å²) < 4.78 is 40.1. The van der Waals surface area contributed by atoms with Crippen molar-refractivity contribution in [3.05, 3.63) is 75.1 Å². The highest BCUT2D eigenvalue weighted by atomic mass is 31.2. The van der Waals surface area contributed by atoms with Crippen molar-refractivity contribution in [1.29, 1.82) is 0 Å². The smallest absolute Gasteiger partial charge is 0.467 e. The molecule has 1 aromatic carbocycles. The zero-order valence-corrected chi connectivity index (χ0v) is 17.7. The van der Waals surface area contributed by atoms with Crippen molar-refractivity contribution >= 4 is 13.8 Å². The zero-order valence-electron chi connectivity index (χ0n) is 16.8. The average molecular weight is 452 g/mol. The molecule has 1 aliphatic rings. The number of aromatic nitrogens is 2. The summed E-state index contributed by atoms with van der Waals surface area (Å²) in [5.41, 5.74) is -0.774. The zero-order chi connectivity index (χ0) is 22.4. The first-order valence-electron chi connectivity index (χ1n) is 9.16. The lowest BCUT2D eigenvalue weighted by atomic mass is 10.3. The number of esters is 1. The quantitative estimate of drug-likeness (QED) is 0.342. The van der Waals surface area contributed by atoms with E-state index in [-0.39, 0.29) is 12.4 Å². The molecule has 12 heteroatoms. The summed E-state index contributed by atoms with van der Waals surface area (Å²) >= 11 is 0. The molecular weight excluding hydrogens is 431 g/mol. The number of hydrogen-bond donors (Lipinski definition) is 1. The molecule has 1 aliphatic heterocycles. The number of phosphoric acid groups is 1. The number of aryl methyl sites for hydroxylation is 1. The third-order valence-corrected chi connectivity index (χ3v) is 5.50. The summed E-state index contributed by atoms with van der Waals surface area (Å²) in [6, 6.07) is 8.16. The minimum absolute atomic E-state index is 0.215. The fraction of sp³-hybridized carbons (Fsp3) is 0.316. The molecule has 2 aromatic rings. The van der Waals surface area contributed by atoms with Crippen LogP contribution in [0.1, 0.15) is 11.8 Å². The number of carbonyl (C=O) groups is 1. The highest BCUT2D eigenvalue weighted by molar-refractivity contribution is 7.49. The van der Waals surface area contributed by atoms with Crippen LogP contribution in [0.2, 0.25) is 0 Å². The molecule has 11 nitrogen and oxygen atoms in total. The van der Waals surface area contributed by atoms with Gasteiger partial charge in [-0.25, -0.2) is 14.2 Å². The number of hydrogen-bond acceptors (Lipinski definition) is 9. The van der Waals surface area contributed by atoms with Crippen molar-refractivity contribution in [1.82, 2.24) is 9.55 Å². The standard InChI is InChI=1S/C19H21N2O9P/c1-13-10-21(19(24)20-18(13)23)16-9-8-15(29-16)11-27-31(25,28-12-17(22)26-2)30-14-6-4-3-5-7-14/h3-10,15-16H,11-12H2,1-2H3,(H,20,23,24)/t15-,16+,31?/m0/s1. The first-order valence-corrected chi connectivity index (χ1v) is 10.6. The van der Waals surface area contributed by atoms with E-state index in [9.17, 15) is 18.9 Å². The SMILES string of the molecule is COC(=O)COP(=O)(OC[C@@H]1C=C[C@H](n2cc(C)c(=O)[nH]c2=O)O1)Oc1ccccc1. The van der Waals surface area contributed by atoms with Gasteiger partial charge in [0.1, 0.15) is 11.9 Å². The average Bonchev–Trinajstić information content (AvgIpc) is 3.23. The number of methoxy groups -OCH3 is 1. The first kappa shape index (κ1) is 22.7. The normalized spacial score (nSPS) is 19.7. The Morgan fingerprint density at radius 3 is 2.65 bits per heavy atom. The number of para-hydroxylation sites is 1. The summed E-state index contributed by atoms with van der Waals surface area (Å²) in [7, 11) is -3.05. The van der Waals surface area contributed by atoms with Gasteiger partial charge in [-0.3, -0.25) is 23.4 Å². The van der Waals surface area contributed by atoms with E-state index in [1.807, 2.05) is 0 Å². The number of rotatable bonds is 9. The Kier molecular flexibility index (Phi) is 7.24. The molecule has 0 bridgehead atoms. The third kappa shape index (κ3) is 6.02. The molecular formula is C19H21N2O9P. The van der Waals surface area contributed by atoms with Crippen LogP contribution in [0.25, 0.3) is 0 Å². The molecule has 0 spiro atoms. The van der Waals surface area contributed by atoms with Gasteiger partial charge in [0.25, 0.3) is 5.56 Å². The van der Waals surface area contributed by atoms with Crippen molar-refractivity contribution in [2.24, 2.45) is 0 Å². The van der Waals surface area contributed by atoms with Crippen LogP contribution >= 0.6 is 7.82 Å². The summed E-state index contributed by atoms with van der Waals surface area (Å²) in [5, 5.41) is 0. The van der Waals surface area contributed by atoms with Crippen LogP contribution in [0.5, 0.6) is 5.75 Å². The van der Waals surface area contributed by atoms with Crippen LogP contribution in [-0.4, -0.2) is 41.9 Å². The van der Waals surface area contributed by atoms with Gasteiger partial charge in [0.05, 0.1) is 13.7 Å². The Balaban J connectivity index is 1.66. The topological polar surface area (TPSA) is 135 Å². The number of nitrogens with zero attached hydrogens (tertiary/aromatic N) is 1. The molecule has 1 unspecified atom stereocenters. The van der Waals surface area contributed by atoms with E-state index in [0.717, 1.165) is 7.11 Å². The van der Waals surface area contributed by atoms with Crippen LogP contribution < -0.4 is 15.8 Å². The molecule has 0 radical (unpaired) electrons. The molecule has 3 rings (SSSR count). The highest BCUT2D eigenvalue weighted by Crippen LogP contribution is 2.49. The van der Waals surface area contributed by atoms with E-state index in [1.165, 1.54) is 10.8 Å².